The first-order valence-electron chi connectivity index (χ1n) is 5.69. The summed E-state index contributed by atoms with van der Waals surface area (Å²) >= 11 is 3.22. The second-order valence-corrected chi connectivity index (χ2v) is 4.79. The molecule has 0 fully saturated rings. The van der Waals surface area contributed by atoms with Crippen molar-refractivity contribution in [2.24, 2.45) is 0 Å². The molecular formula is C14H9BrFN3O. The second kappa shape index (κ2) is 6.26. The van der Waals surface area contributed by atoms with Crippen LogP contribution in [0.15, 0.2) is 41.0 Å². The van der Waals surface area contributed by atoms with Crippen molar-refractivity contribution in [3.63, 3.8) is 0 Å². The lowest BCUT2D eigenvalue weighted by atomic mass is 10.1. The average molecular weight is 334 g/mol. The molecule has 100 valence electrons. The fraction of sp³-hybridized carbons (Fsp3) is 0.0714. The van der Waals surface area contributed by atoms with Crippen molar-refractivity contribution in [2.75, 3.05) is 0 Å². The Bertz CT molecular complexity index is 697. The van der Waals surface area contributed by atoms with E-state index in [1.807, 2.05) is 6.07 Å². The van der Waals surface area contributed by atoms with E-state index in [2.05, 4.69) is 26.2 Å². The molecule has 0 bridgehead atoms. The quantitative estimate of drug-likeness (QED) is 0.939. The number of pyridine rings is 1. The van der Waals surface area contributed by atoms with Crippen LogP contribution in [0.5, 0.6) is 0 Å². The van der Waals surface area contributed by atoms with Gasteiger partial charge >= 0.3 is 0 Å². The van der Waals surface area contributed by atoms with Crippen molar-refractivity contribution in [2.45, 2.75) is 6.54 Å². The lowest BCUT2D eigenvalue weighted by Crippen LogP contribution is -2.24. The van der Waals surface area contributed by atoms with E-state index in [1.165, 1.54) is 18.3 Å². The number of hydrogen-bond donors (Lipinski definition) is 1. The van der Waals surface area contributed by atoms with Crippen molar-refractivity contribution >= 4 is 21.8 Å². The van der Waals surface area contributed by atoms with Crippen LogP contribution in [0, 0.1) is 17.1 Å². The third-order valence-corrected chi connectivity index (χ3v) is 3.24. The molecule has 1 N–H and O–H groups in total. The summed E-state index contributed by atoms with van der Waals surface area (Å²) in [4.78, 5) is 15.8. The Kier molecular flexibility index (Phi) is 4.43. The highest BCUT2D eigenvalue weighted by Crippen LogP contribution is 2.14. The van der Waals surface area contributed by atoms with Crippen molar-refractivity contribution in [3.8, 4) is 6.07 Å². The molecule has 6 heteroatoms. The molecule has 2 rings (SSSR count). The Morgan fingerprint density at radius 2 is 2.25 bits per heavy atom. The van der Waals surface area contributed by atoms with Crippen LogP contribution in [0.25, 0.3) is 0 Å². The summed E-state index contributed by atoms with van der Waals surface area (Å²) in [6, 6.07) is 9.36. The number of carbonyl (C=O) groups excluding carboxylic acids is 1. The molecule has 0 radical (unpaired) electrons. The van der Waals surface area contributed by atoms with Gasteiger partial charge in [-0.3, -0.25) is 4.79 Å². The van der Waals surface area contributed by atoms with Gasteiger partial charge in [-0.2, -0.15) is 5.26 Å². The van der Waals surface area contributed by atoms with Gasteiger partial charge in [0.1, 0.15) is 11.5 Å². The van der Waals surface area contributed by atoms with Crippen molar-refractivity contribution in [1.29, 1.82) is 5.26 Å². The summed E-state index contributed by atoms with van der Waals surface area (Å²) in [7, 11) is 0. The van der Waals surface area contributed by atoms with E-state index < -0.39 is 11.7 Å². The smallest absolute Gasteiger partial charge is 0.271 e. The Labute approximate surface area is 123 Å². The van der Waals surface area contributed by atoms with E-state index in [1.54, 1.807) is 12.1 Å². The number of amides is 1. The molecule has 1 heterocycles. The third-order valence-electron chi connectivity index (χ3n) is 2.60. The molecule has 0 unspecified atom stereocenters. The zero-order valence-electron chi connectivity index (χ0n) is 10.2. The molecule has 4 nitrogen and oxygen atoms in total. The summed E-state index contributed by atoms with van der Waals surface area (Å²) in [6.45, 7) is 0.0272. The van der Waals surface area contributed by atoms with Gasteiger partial charge < -0.3 is 5.32 Å². The molecule has 0 saturated heterocycles. The summed E-state index contributed by atoms with van der Waals surface area (Å²) < 4.78 is 14.2. The first-order chi connectivity index (χ1) is 9.61. The maximum Gasteiger partial charge on any atom is 0.271 e. The minimum atomic E-state index is -0.524. The molecule has 0 atom stereocenters. The van der Waals surface area contributed by atoms with Gasteiger partial charge in [-0.1, -0.05) is 6.07 Å². The van der Waals surface area contributed by atoms with Gasteiger partial charge in [0.05, 0.1) is 11.6 Å². The maximum atomic E-state index is 13.6. The Morgan fingerprint density at radius 1 is 1.45 bits per heavy atom. The van der Waals surface area contributed by atoms with Crippen LogP contribution in [-0.4, -0.2) is 10.9 Å². The predicted octanol–water partition coefficient (Wildman–Crippen LogP) is 2.78. The number of nitriles is 1. The first-order valence-corrected chi connectivity index (χ1v) is 6.48. The lowest BCUT2D eigenvalue weighted by Gasteiger charge is -2.07. The van der Waals surface area contributed by atoms with Gasteiger partial charge in [-0.05, 0) is 40.2 Å². The minimum Gasteiger partial charge on any atom is -0.346 e. The van der Waals surface area contributed by atoms with E-state index in [4.69, 9.17) is 5.26 Å². The number of halogens is 2. The summed E-state index contributed by atoms with van der Waals surface area (Å²) in [6.07, 6.45) is 1.50. The van der Waals surface area contributed by atoms with Gasteiger partial charge in [0.15, 0.2) is 0 Å². The summed E-state index contributed by atoms with van der Waals surface area (Å²) in [5.41, 5.74) is 0.788. The molecule has 0 saturated carbocycles. The van der Waals surface area contributed by atoms with Crippen molar-refractivity contribution in [3.05, 3.63) is 63.6 Å². The molecule has 1 aromatic carbocycles. The molecule has 2 aromatic rings. The van der Waals surface area contributed by atoms with Crippen molar-refractivity contribution < 1.29 is 9.18 Å². The SMILES string of the molecule is N#Cc1ccc(CNC(=O)c2ncccc2Br)c(F)c1. The fourth-order valence-corrected chi connectivity index (χ4v) is 2.01. The van der Waals surface area contributed by atoms with E-state index in [9.17, 15) is 9.18 Å². The predicted molar refractivity (Wildman–Crippen MR) is 74.2 cm³/mol. The summed E-state index contributed by atoms with van der Waals surface area (Å²) in [5, 5.41) is 11.2. The van der Waals surface area contributed by atoms with Crippen LogP contribution in [0.4, 0.5) is 4.39 Å². The Hall–Kier alpha value is -2.26. The highest BCUT2D eigenvalue weighted by molar-refractivity contribution is 9.10. The second-order valence-electron chi connectivity index (χ2n) is 3.93. The van der Waals surface area contributed by atoms with Gasteiger partial charge in [0.25, 0.3) is 5.91 Å². The van der Waals surface area contributed by atoms with Crippen LogP contribution in [-0.2, 0) is 6.54 Å². The number of benzene rings is 1. The monoisotopic (exact) mass is 333 g/mol. The molecular weight excluding hydrogens is 325 g/mol. The van der Waals surface area contributed by atoms with Crippen LogP contribution in [0.3, 0.4) is 0 Å². The Balaban J connectivity index is 2.08. The topological polar surface area (TPSA) is 65.8 Å². The summed E-state index contributed by atoms with van der Waals surface area (Å²) in [5.74, 6) is -0.925. The normalized spacial score (nSPS) is 9.85. The van der Waals surface area contributed by atoms with E-state index in [0.717, 1.165) is 6.07 Å². The van der Waals surface area contributed by atoms with E-state index >= 15 is 0 Å². The molecule has 0 aliphatic carbocycles. The largest absolute Gasteiger partial charge is 0.346 e. The van der Waals surface area contributed by atoms with E-state index in [0.29, 0.717) is 10.0 Å². The number of nitrogens with one attached hydrogen (secondary N) is 1. The highest BCUT2D eigenvalue weighted by atomic mass is 79.9. The van der Waals surface area contributed by atoms with Gasteiger partial charge in [-0.15, -0.1) is 0 Å². The zero-order valence-corrected chi connectivity index (χ0v) is 11.8. The molecule has 0 spiro atoms. The van der Waals surface area contributed by atoms with Crippen LogP contribution in [0.1, 0.15) is 21.6 Å². The van der Waals surface area contributed by atoms with Crippen LogP contribution >= 0.6 is 15.9 Å². The van der Waals surface area contributed by atoms with Crippen molar-refractivity contribution in [1.82, 2.24) is 10.3 Å². The molecule has 20 heavy (non-hydrogen) atoms. The highest BCUT2D eigenvalue weighted by Gasteiger charge is 2.11. The lowest BCUT2D eigenvalue weighted by molar-refractivity contribution is 0.0945. The maximum absolute atomic E-state index is 13.6. The molecule has 0 aliphatic heterocycles. The number of carbonyl (C=O) groups is 1. The fourth-order valence-electron chi connectivity index (χ4n) is 1.57. The number of nitrogens with zero attached hydrogens (tertiary/aromatic N) is 2. The van der Waals surface area contributed by atoms with Crippen LogP contribution < -0.4 is 5.32 Å². The van der Waals surface area contributed by atoms with E-state index in [-0.39, 0.29) is 17.8 Å². The van der Waals surface area contributed by atoms with Gasteiger partial charge in [0.2, 0.25) is 0 Å². The van der Waals surface area contributed by atoms with Gasteiger partial charge in [0, 0.05) is 22.8 Å². The standard InChI is InChI=1S/C14H9BrFN3O/c15-11-2-1-5-18-13(11)14(20)19-8-10-4-3-9(7-17)6-12(10)16/h1-6H,8H2,(H,19,20). The third kappa shape index (κ3) is 3.19. The molecule has 0 aliphatic rings. The Morgan fingerprint density at radius 3 is 2.90 bits per heavy atom. The first kappa shape index (κ1) is 14.2. The number of hydrogen-bond acceptors (Lipinski definition) is 3. The van der Waals surface area contributed by atoms with Crippen LogP contribution in [0.2, 0.25) is 0 Å². The molecule has 1 aromatic heterocycles. The number of aromatic nitrogens is 1. The number of rotatable bonds is 3. The zero-order chi connectivity index (χ0) is 14.5. The average Bonchev–Trinajstić information content (AvgIpc) is 2.46. The molecule has 1 amide bonds. The minimum absolute atomic E-state index is 0.0272. The van der Waals surface area contributed by atoms with Gasteiger partial charge in [-0.25, -0.2) is 9.37 Å².